The van der Waals surface area contributed by atoms with Gasteiger partial charge in [-0.05, 0) is 5.56 Å². The number of hydrogen-bond acceptors (Lipinski definition) is 17. The average molecular weight is 748 g/mol. The number of nitrogens with two attached hydrogens (primary N) is 2. The monoisotopic (exact) mass is 747 g/mol. The normalized spacial score (nSPS) is 30.5. The Labute approximate surface area is 282 Å². The standard InChI is InChI=1S/C26H35N7O15P2/c1-3-13(34)10(2)11-4-5-32(6-12(11)22(28)39)24-19(38)17(36)20(47-24)26(48-50(42,43)44)49(40,41)45-7-14-16(35)18(37)25(46-14)33-9-31-15-21(27)29-8-30-23(15)33/h4-6,8-10,14,16-20,24-26,35-38H,3,7H2,1-2H3,(H6-,27,28,29,30,39,40,41,42,43,44). The van der Waals surface area contributed by atoms with Crippen LogP contribution in [0.2, 0.25) is 0 Å². The van der Waals surface area contributed by atoms with E-state index in [-0.39, 0.29) is 40.3 Å². The Kier molecular flexibility index (Phi) is 10.9. The number of imidazole rings is 1. The molecule has 2 saturated heterocycles. The van der Waals surface area contributed by atoms with Crippen LogP contribution < -0.4 is 20.9 Å². The molecule has 2 aliphatic rings. The lowest BCUT2D eigenvalue weighted by molar-refractivity contribution is -0.766. The second-order valence-corrected chi connectivity index (χ2v) is 14.6. The summed E-state index contributed by atoms with van der Waals surface area (Å²) in [6, 6.07) is 1.34. The highest BCUT2D eigenvalue weighted by Gasteiger charge is 2.58. The summed E-state index contributed by atoms with van der Waals surface area (Å²) in [5, 5.41) is 43.0. The van der Waals surface area contributed by atoms with Gasteiger partial charge < -0.3 is 60.6 Å². The predicted molar refractivity (Wildman–Crippen MR) is 161 cm³/mol. The van der Waals surface area contributed by atoms with E-state index in [1.807, 2.05) is 0 Å². The molecule has 24 heteroatoms. The predicted octanol–water partition coefficient (Wildman–Crippen LogP) is -3.18. The van der Waals surface area contributed by atoms with E-state index in [4.69, 9.17) is 25.5 Å². The number of aromatic nitrogens is 5. The lowest BCUT2D eigenvalue weighted by Crippen LogP contribution is -2.47. The van der Waals surface area contributed by atoms with Crippen LogP contribution in [0.5, 0.6) is 0 Å². The minimum atomic E-state index is -5.89. The van der Waals surface area contributed by atoms with Crippen LogP contribution in [-0.4, -0.2) is 110 Å². The number of aliphatic hydroxyl groups excluding tert-OH is 4. The van der Waals surface area contributed by atoms with Crippen LogP contribution in [0.3, 0.4) is 0 Å². The molecule has 2 fully saturated rings. The van der Waals surface area contributed by atoms with Crippen molar-refractivity contribution in [2.24, 2.45) is 5.73 Å². The van der Waals surface area contributed by atoms with Crippen molar-refractivity contribution in [2.45, 2.75) is 81.1 Å². The topological polar surface area (TPSA) is 349 Å². The SMILES string of the molecule is CCC(=O)C(C)c1cc[n+](C2OC(C(OP(=O)([O-])O)P(=O)(O)OCC3OC(n4cnc5c(N)ncnc54)C(O)C3O)C(O)C2O)cc1C(N)=O. The number of ether oxygens (including phenoxy) is 2. The molecule has 1 amide bonds. The Morgan fingerprint density at radius 2 is 1.80 bits per heavy atom. The van der Waals surface area contributed by atoms with Gasteiger partial charge in [0.25, 0.3) is 20.0 Å². The van der Waals surface area contributed by atoms with Crippen molar-refractivity contribution in [3.8, 4) is 0 Å². The molecule has 0 spiro atoms. The van der Waals surface area contributed by atoms with E-state index in [1.165, 1.54) is 23.2 Å². The van der Waals surface area contributed by atoms with Gasteiger partial charge in [-0.2, -0.15) is 4.57 Å². The third-order valence-corrected chi connectivity index (χ3v) is 10.6. The van der Waals surface area contributed by atoms with Crippen molar-refractivity contribution in [1.82, 2.24) is 19.5 Å². The maximum absolute atomic E-state index is 13.5. The molecule has 10 N–H and O–H groups in total. The molecule has 5 rings (SSSR count). The zero-order chi connectivity index (χ0) is 36.9. The van der Waals surface area contributed by atoms with Crippen LogP contribution in [0.4, 0.5) is 5.82 Å². The van der Waals surface area contributed by atoms with Gasteiger partial charge in [0.15, 0.2) is 42.0 Å². The quantitative estimate of drug-likeness (QED) is 0.0631. The molecule has 3 aromatic rings. The summed E-state index contributed by atoms with van der Waals surface area (Å²) in [6.45, 7) is 2.18. The lowest BCUT2D eigenvalue weighted by Gasteiger charge is -2.31. The Bertz CT molecular complexity index is 1860. The van der Waals surface area contributed by atoms with Gasteiger partial charge in [0.1, 0.15) is 53.7 Å². The fraction of sp³-hybridized carbons (Fsp3) is 0.538. The first-order chi connectivity index (χ1) is 23.4. The summed E-state index contributed by atoms with van der Waals surface area (Å²) in [4.78, 5) is 68.6. The molecule has 0 bridgehead atoms. The molecule has 0 aliphatic carbocycles. The Morgan fingerprint density at radius 1 is 1.10 bits per heavy atom. The molecule has 2 aliphatic heterocycles. The van der Waals surface area contributed by atoms with Gasteiger partial charge in [-0.3, -0.25) is 27.8 Å². The van der Waals surface area contributed by atoms with Crippen LogP contribution in [0.1, 0.15) is 54.6 Å². The molecule has 22 nitrogen and oxygen atoms in total. The number of carbonyl (C=O) groups excluding carboxylic acids is 2. The molecule has 274 valence electrons. The van der Waals surface area contributed by atoms with Gasteiger partial charge in [0.2, 0.25) is 0 Å². The molecule has 0 radical (unpaired) electrons. The van der Waals surface area contributed by atoms with Gasteiger partial charge in [-0.25, -0.2) is 15.0 Å². The van der Waals surface area contributed by atoms with Crippen molar-refractivity contribution >= 4 is 44.1 Å². The first-order valence-electron chi connectivity index (χ1n) is 14.9. The summed E-state index contributed by atoms with van der Waals surface area (Å²) < 4.78 is 48.3. The summed E-state index contributed by atoms with van der Waals surface area (Å²) in [5.74, 6) is -4.63. The third-order valence-electron chi connectivity index (χ3n) is 8.41. The summed E-state index contributed by atoms with van der Waals surface area (Å²) >= 11 is 0. The number of carbonyl (C=O) groups is 2. The summed E-state index contributed by atoms with van der Waals surface area (Å²) in [7, 11) is -11.4. The van der Waals surface area contributed by atoms with Crippen molar-refractivity contribution in [1.29, 1.82) is 0 Å². The van der Waals surface area contributed by atoms with E-state index in [0.29, 0.717) is 0 Å². The number of amides is 1. The second-order valence-electron chi connectivity index (χ2n) is 11.6. The highest BCUT2D eigenvalue weighted by atomic mass is 31.2. The number of nitrogens with zero attached hydrogens (tertiary/aromatic N) is 5. The number of phosphoric ester groups is 1. The third kappa shape index (κ3) is 7.34. The minimum absolute atomic E-state index is 0.0129. The van der Waals surface area contributed by atoms with Crippen molar-refractivity contribution < 1.29 is 76.9 Å². The van der Waals surface area contributed by atoms with Crippen LogP contribution in [0.15, 0.2) is 31.1 Å². The zero-order valence-electron chi connectivity index (χ0n) is 26.2. The summed E-state index contributed by atoms with van der Waals surface area (Å²) in [5.41, 5.74) is 11.7. The molecule has 12 unspecified atom stereocenters. The number of hydrogen-bond donors (Lipinski definition) is 8. The van der Waals surface area contributed by atoms with E-state index < -0.39 is 88.8 Å². The number of nitrogen functional groups attached to an aromatic ring is 1. The molecule has 0 saturated carbocycles. The average Bonchev–Trinajstić information content (AvgIpc) is 3.71. The lowest BCUT2D eigenvalue weighted by atomic mass is 9.92. The van der Waals surface area contributed by atoms with Gasteiger partial charge in [0, 0.05) is 18.4 Å². The Balaban J connectivity index is 1.37. The van der Waals surface area contributed by atoms with E-state index in [1.54, 1.807) is 13.8 Å². The van der Waals surface area contributed by atoms with E-state index >= 15 is 0 Å². The smallest absolute Gasteiger partial charge is 0.360 e. The molecule has 0 aromatic carbocycles. The fourth-order valence-electron chi connectivity index (χ4n) is 5.76. The Hall–Kier alpha value is -3.34. The molecular weight excluding hydrogens is 712 g/mol. The molecule has 5 heterocycles. The number of anilines is 1. The van der Waals surface area contributed by atoms with Crippen LogP contribution >= 0.6 is 15.4 Å². The van der Waals surface area contributed by atoms with Gasteiger partial charge in [-0.15, -0.1) is 0 Å². The van der Waals surface area contributed by atoms with Crippen LogP contribution in [-0.2, 0) is 32.4 Å². The van der Waals surface area contributed by atoms with Crippen molar-refractivity contribution in [3.63, 3.8) is 0 Å². The van der Waals surface area contributed by atoms with Crippen molar-refractivity contribution in [2.75, 3.05) is 12.3 Å². The number of Topliss-reactive ketones (excluding diaryl/α,β-unsaturated/α-hetero) is 1. The number of primary amides is 1. The number of phosphoric acid groups is 1. The highest BCUT2D eigenvalue weighted by Crippen LogP contribution is 2.57. The summed E-state index contributed by atoms with van der Waals surface area (Å²) in [6.07, 6.45) is -9.53. The number of ketones is 1. The number of pyridine rings is 1. The van der Waals surface area contributed by atoms with E-state index in [0.717, 1.165) is 17.1 Å². The van der Waals surface area contributed by atoms with Crippen LogP contribution in [0.25, 0.3) is 11.2 Å². The van der Waals surface area contributed by atoms with Gasteiger partial charge in [-0.1, -0.05) is 13.8 Å². The largest absolute Gasteiger partial charge is 0.756 e. The molecular formula is C26H35N7O15P2. The van der Waals surface area contributed by atoms with Gasteiger partial charge in [0.05, 0.1) is 12.9 Å². The minimum Gasteiger partial charge on any atom is -0.756 e. The first-order valence-corrected chi connectivity index (χ1v) is 18.0. The number of aliphatic hydroxyl groups is 4. The van der Waals surface area contributed by atoms with E-state index in [9.17, 15) is 53.8 Å². The number of fused-ring (bicyclic) bond motifs is 1. The maximum atomic E-state index is 13.5. The van der Waals surface area contributed by atoms with Gasteiger partial charge >= 0.3 is 7.60 Å². The maximum Gasteiger partial charge on any atom is 0.360 e. The Morgan fingerprint density at radius 3 is 2.44 bits per heavy atom. The molecule has 50 heavy (non-hydrogen) atoms. The molecule has 3 aromatic heterocycles. The van der Waals surface area contributed by atoms with Crippen molar-refractivity contribution in [3.05, 3.63) is 42.2 Å². The second kappa shape index (κ2) is 14.4. The number of rotatable bonds is 13. The van der Waals surface area contributed by atoms with Crippen LogP contribution in [0, 0.1) is 0 Å². The zero-order valence-corrected chi connectivity index (χ0v) is 28.0. The first kappa shape index (κ1) is 37.9. The molecule has 12 atom stereocenters. The fourth-order valence-corrected chi connectivity index (χ4v) is 8.11. The highest BCUT2D eigenvalue weighted by molar-refractivity contribution is 7.54. The van der Waals surface area contributed by atoms with E-state index in [2.05, 4.69) is 19.5 Å².